The number of benzene rings is 4. The highest BCUT2D eigenvalue weighted by molar-refractivity contribution is 6.24. The molecule has 7 rings (SSSR count). The fraction of sp³-hybridized carbons (Fsp3) is 0.118. The number of ether oxygens (including phenoxy) is 1. The SMILES string of the molecule is O=C(c1ccccc1)c1ccc(OC(=O)C2C3C(=O)N(c4ccccc4F)C(=O)C3C3C=Cc4ccccc4N32)cc1. The quantitative estimate of drug-likeness (QED) is 0.148. The molecule has 4 aromatic carbocycles. The summed E-state index contributed by atoms with van der Waals surface area (Å²) in [5.41, 5.74) is 2.35. The number of hydrogen-bond acceptors (Lipinski definition) is 6. The zero-order valence-corrected chi connectivity index (χ0v) is 22.1. The highest BCUT2D eigenvalue weighted by atomic mass is 19.1. The van der Waals surface area contributed by atoms with E-state index in [4.69, 9.17) is 4.74 Å². The molecule has 42 heavy (non-hydrogen) atoms. The monoisotopic (exact) mass is 558 g/mol. The van der Waals surface area contributed by atoms with Gasteiger partial charge in [-0.25, -0.2) is 14.1 Å². The van der Waals surface area contributed by atoms with Gasteiger partial charge in [-0.1, -0.05) is 72.8 Å². The van der Waals surface area contributed by atoms with E-state index in [9.17, 15) is 23.6 Å². The van der Waals surface area contributed by atoms with Gasteiger partial charge in [-0.2, -0.15) is 0 Å². The first kappa shape index (κ1) is 25.6. The maximum atomic E-state index is 14.7. The second-order valence-corrected chi connectivity index (χ2v) is 10.4. The Morgan fingerprint density at radius 2 is 1.31 bits per heavy atom. The molecule has 0 aliphatic carbocycles. The largest absolute Gasteiger partial charge is 0.425 e. The van der Waals surface area contributed by atoms with Crippen LogP contribution in [0.25, 0.3) is 6.08 Å². The summed E-state index contributed by atoms with van der Waals surface area (Å²) in [4.78, 5) is 57.0. The summed E-state index contributed by atoms with van der Waals surface area (Å²) < 4.78 is 20.5. The predicted octanol–water partition coefficient (Wildman–Crippen LogP) is 5.05. The van der Waals surface area contributed by atoms with Crippen molar-refractivity contribution >= 4 is 41.0 Å². The van der Waals surface area contributed by atoms with Crippen LogP contribution in [0.4, 0.5) is 15.8 Å². The molecule has 0 spiro atoms. The fourth-order valence-corrected chi connectivity index (χ4v) is 6.26. The molecule has 4 atom stereocenters. The van der Waals surface area contributed by atoms with Gasteiger partial charge in [0.05, 0.1) is 23.6 Å². The van der Waals surface area contributed by atoms with Crippen LogP contribution in [0.2, 0.25) is 0 Å². The predicted molar refractivity (Wildman–Crippen MR) is 153 cm³/mol. The highest BCUT2D eigenvalue weighted by Gasteiger charge is 2.65. The van der Waals surface area contributed by atoms with Crippen LogP contribution < -0.4 is 14.5 Å². The Balaban J connectivity index is 1.23. The number of hydrogen-bond donors (Lipinski definition) is 0. The van der Waals surface area contributed by atoms with Crippen molar-refractivity contribution in [2.75, 3.05) is 9.80 Å². The number of carbonyl (C=O) groups excluding carboxylic acids is 4. The number of imide groups is 1. The number of rotatable bonds is 5. The van der Waals surface area contributed by atoms with Crippen molar-refractivity contribution in [3.63, 3.8) is 0 Å². The van der Waals surface area contributed by atoms with E-state index in [1.807, 2.05) is 42.5 Å². The standard InChI is InChI=1S/C34H23FN2O5/c35-24-11-5-7-13-26(24)37-32(39)28-27-19-16-20-8-4-6-12-25(20)36(27)30(29(28)33(37)40)34(41)42-23-17-14-22(15-18-23)31(38)21-9-2-1-3-10-21/h1-19,27-30H. The Morgan fingerprint density at radius 1 is 0.690 bits per heavy atom. The lowest BCUT2D eigenvalue weighted by Gasteiger charge is -2.36. The summed E-state index contributed by atoms with van der Waals surface area (Å²) >= 11 is 0. The first-order valence-electron chi connectivity index (χ1n) is 13.5. The van der Waals surface area contributed by atoms with Crippen LogP contribution in [0.3, 0.4) is 0 Å². The molecular weight excluding hydrogens is 535 g/mol. The van der Waals surface area contributed by atoms with Gasteiger partial charge >= 0.3 is 5.97 Å². The average Bonchev–Trinajstić information content (AvgIpc) is 3.50. The number of nitrogens with zero attached hydrogens (tertiary/aromatic N) is 2. The third kappa shape index (κ3) is 3.95. The van der Waals surface area contributed by atoms with E-state index < -0.39 is 47.5 Å². The van der Waals surface area contributed by atoms with E-state index in [2.05, 4.69) is 0 Å². The molecule has 0 radical (unpaired) electrons. The lowest BCUT2D eigenvalue weighted by atomic mass is 9.89. The van der Waals surface area contributed by atoms with Gasteiger partial charge in [0.25, 0.3) is 0 Å². The first-order chi connectivity index (χ1) is 20.4. The van der Waals surface area contributed by atoms with Crippen molar-refractivity contribution in [1.29, 1.82) is 0 Å². The minimum Gasteiger partial charge on any atom is -0.425 e. The normalized spacial score (nSPS) is 22.0. The molecule has 4 aromatic rings. The van der Waals surface area contributed by atoms with Gasteiger partial charge in [0, 0.05) is 16.8 Å². The Labute approximate surface area is 240 Å². The lowest BCUT2D eigenvalue weighted by molar-refractivity contribution is -0.139. The van der Waals surface area contributed by atoms with Gasteiger partial charge in [-0.3, -0.25) is 14.4 Å². The van der Waals surface area contributed by atoms with Crippen molar-refractivity contribution in [2.24, 2.45) is 11.8 Å². The van der Waals surface area contributed by atoms with Crippen LogP contribution in [-0.4, -0.2) is 35.7 Å². The molecule has 2 amide bonds. The number of ketones is 1. The number of anilines is 2. The number of amides is 2. The van der Waals surface area contributed by atoms with Gasteiger partial charge in [-0.15, -0.1) is 0 Å². The van der Waals surface area contributed by atoms with Gasteiger partial charge in [0.2, 0.25) is 11.8 Å². The minimum absolute atomic E-state index is 0.139. The first-order valence-corrected chi connectivity index (χ1v) is 13.5. The number of halogens is 1. The topological polar surface area (TPSA) is 84.0 Å². The van der Waals surface area contributed by atoms with Crippen molar-refractivity contribution in [3.05, 3.63) is 132 Å². The summed E-state index contributed by atoms with van der Waals surface area (Å²) in [5, 5.41) is 0. The Bertz CT molecular complexity index is 1790. The van der Waals surface area contributed by atoms with Gasteiger partial charge in [-0.05, 0) is 48.0 Å². The molecule has 0 aromatic heterocycles. The van der Waals surface area contributed by atoms with E-state index in [0.717, 1.165) is 10.5 Å². The van der Waals surface area contributed by atoms with Crippen molar-refractivity contribution < 1.29 is 28.3 Å². The van der Waals surface area contributed by atoms with Crippen LogP contribution in [-0.2, 0) is 14.4 Å². The summed E-state index contributed by atoms with van der Waals surface area (Å²) in [6.07, 6.45) is 3.68. The molecule has 3 aliphatic rings. The smallest absolute Gasteiger partial charge is 0.335 e. The summed E-state index contributed by atoms with van der Waals surface area (Å²) in [7, 11) is 0. The number of fused-ring (bicyclic) bond motifs is 5. The number of esters is 1. The third-order valence-corrected chi connectivity index (χ3v) is 8.12. The van der Waals surface area contributed by atoms with Crippen LogP contribution in [0.1, 0.15) is 21.5 Å². The van der Waals surface area contributed by atoms with Crippen molar-refractivity contribution in [2.45, 2.75) is 12.1 Å². The average molecular weight is 559 g/mol. The van der Waals surface area contributed by atoms with Crippen LogP contribution >= 0.6 is 0 Å². The maximum absolute atomic E-state index is 14.7. The molecule has 8 heteroatoms. The third-order valence-electron chi connectivity index (χ3n) is 8.12. The summed E-state index contributed by atoms with van der Waals surface area (Å²) in [6, 6.07) is 26.3. The van der Waals surface area contributed by atoms with Crippen molar-refractivity contribution in [1.82, 2.24) is 0 Å². The molecule has 3 heterocycles. The number of para-hydroxylation sites is 2. The molecule has 7 nitrogen and oxygen atoms in total. The van der Waals surface area contributed by atoms with Crippen LogP contribution in [0.15, 0.2) is 109 Å². The Hall–Kier alpha value is -5.37. The van der Waals surface area contributed by atoms with Gasteiger partial charge < -0.3 is 9.64 Å². The van der Waals surface area contributed by atoms with Crippen LogP contribution in [0.5, 0.6) is 5.75 Å². The molecule has 0 N–H and O–H groups in total. The lowest BCUT2D eigenvalue weighted by Crippen LogP contribution is -2.50. The molecular formula is C34H23FN2O5. The number of carbonyl (C=O) groups is 4. The minimum atomic E-state index is -1.15. The summed E-state index contributed by atoms with van der Waals surface area (Å²) in [5.74, 6) is -4.63. The Morgan fingerprint density at radius 3 is 2.05 bits per heavy atom. The van der Waals surface area contributed by atoms with Crippen molar-refractivity contribution in [3.8, 4) is 5.75 Å². The zero-order chi connectivity index (χ0) is 29.0. The molecule has 2 fully saturated rings. The van der Waals surface area contributed by atoms with Gasteiger partial charge in [0.15, 0.2) is 5.78 Å². The molecule has 4 unspecified atom stereocenters. The molecule has 206 valence electrons. The maximum Gasteiger partial charge on any atom is 0.335 e. The van der Waals surface area contributed by atoms with E-state index in [-0.39, 0.29) is 17.2 Å². The molecule has 3 aliphatic heterocycles. The molecule has 2 saturated heterocycles. The Kier molecular flexibility index (Phi) is 6.04. The van der Waals surface area contributed by atoms with Crippen LogP contribution in [0, 0.1) is 17.7 Å². The second-order valence-electron chi connectivity index (χ2n) is 10.4. The molecule has 0 bridgehead atoms. The highest BCUT2D eigenvalue weighted by Crippen LogP contribution is 2.49. The van der Waals surface area contributed by atoms with E-state index in [0.29, 0.717) is 16.8 Å². The molecule has 0 saturated carbocycles. The van der Waals surface area contributed by atoms with Gasteiger partial charge in [0.1, 0.15) is 17.6 Å². The zero-order valence-electron chi connectivity index (χ0n) is 22.1. The second kappa shape index (κ2) is 9.92. The van der Waals surface area contributed by atoms with E-state index >= 15 is 0 Å². The van der Waals surface area contributed by atoms with E-state index in [1.165, 1.54) is 30.3 Å². The summed E-state index contributed by atoms with van der Waals surface area (Å²) in [6.45, 7) is 0. The fourth-order valence-electron chi connectivity index (χ4n) is 6.26. The van der Waals surface area contributed by atoms with E-state index in [1.54, 1.807) is 47.4 Å².